The first-order valence-electron chi connectivity index (χ1n) is 9.42. The van der Waals surface area contributed by atoms with Gasteiger partial charge in [-0.25, -0.2) is 4.98 Å². The van der Waals surface area contributed by atoms with Crippen molar-refractivity contribution in [2.45, 2.75) is 13.8 Å². The van der Waals surface area contributed by atoms with Gasteiger partial charge < -0.3 is 5.32 Å². The van der Waals surface area contributed by atoms with Crippen LogP contribution >= 0.6 is 11.6 Å². The molecule has 1 N–H and O–H groups in total. The van der Waals surface area contributed by atoms with Crippen LogP contribution in [0.2, 0.25) is 5.02 Å². The summed E-state index contributed by atoms with van der Waals surface area (Å²) >= 11 is 5.88. The van der Waals surface area contributed by atoms with E-state index in [4.69, 9.17) is 16.6 Å². The van der Waals surface area contributed by atoms with Gasteiger partial charge in [-0.15, -0.1) is 0 Å². The average Bonchev–Trinajstić information content (AvgIpc) is 2.99. The first-order valence-corrected chi connectivity index (χ1v) is 9.79. The van der Waals surface area contributed by atoms with Crippen LogP contribution in [0.5, 0.6) is 0 Å². The Morgan fingerprint density at radius 2 is 1.90 bits per heavy atom. The molecule has 2 heterocycles. The molecule has 2 aromatic carbocycles. The van der Waals surface area contributed by atoms with Crippen LogP contribution < -0.4 is 5.32 Å². The Balaban J connectivity index is 1.86. The van der Waals surface area contributed by atoms with Crippen molar-refractivity contribution in [3.05, 3.63) is 80.6 Å². The van der Waals surface area contributed by atoms with E-state index in [2.05, 4.69) is 10.4 Å². The van der Waals surface area contributed by atoms with Crippen molar-refractivity contribution < 1.29 is 9.72 Å². The molecule has 0 saturated carbocycles. The molecular formula is C22H18ClN5O3. The minimum Gasteiger partial charge on any atom is -0.316 e. The Bertz CT molecular complexity index is 1360. The second kappa shape index (κ2) is 7.81. The fourth-order valence-electron chi connectivity index (χ4n) is 3.59. The lowest BCUT2D eigenvalue weighted by molar-refractivity contribution is -0.383. The van der Waals surface area contributed by atoms with E-state index in [-0.39, 0.29) is 16.4 Å². The zero-order valence-electron chi connectivity index (χ0n) is 17.0. The van der Waals surface area contributed by atoms with Crippen molar-refractivity contribution in [2.24, 2.45) is 7.05 Å². The summed E-state index contributed by atoms with van der Waals surface area (Å²) in [4.78, 5) is 28.8. The van der Waals surface area contributed by atoms with Gasteiger partial charge in [-0.1, -0.05) is 29.8 Å². The van der Waals surface area contributed by atoms with E-state index in [0.717, 1.165) is 17.0 Å². The van der Waals surface area contributed by atoms with Gasteiger partial charge in [0.25, 0.3) is 11.6 Å². The van der Waals surface area contributed by atoms with Crippen LogP contribution in [0.25, 0.3) is 22.2 Å². The number of pyridine rings is 1. The SMILES string of the molecule is Cc1nn(C)c(C)c1-c1cc(C(=O)Nc2ccc(Cl)cc2[N+](=O)[O-])c2ccccc2n1. The van der Waals surface area contributed by atoms with Crippen molar-refractivity contribution >= 4 is 39.8 Å². The van der Waals surface area contributed by atoms with Gasteiger partial charge in [0.2, 0.25) is 0 Å². The largest absolute Gasteiger partial charge is 0.316 e. The van der Waals surface area contributed by atoms with Gasteiger partial charge in [0.15, 0.2) is 0 Å². The van der Waals surface area contributed by atoms with Crippen LogP contribution in [-0.2, 0) is 7.05 Å². The quantitative estimate of drug-likeness (QED) is 0.356. The second-order valence-corrected chi connectivity index (χ2v) is 7.55. The third-order valence-electron chi connectivity index (χ3n) is 5.13. The van der Waals surface area contributed by atoms with Crippen LogP contribution in [0.3, 0.4) is 0 Å². The van der Waals surface area contributed by atoms with Gasteiger partial charge in [0.1, 0.15) is 5.69 Å². The van der Waals surface area contributed by atoms with E-state index in [1.807, 2.05) is 39.1 Å². The number of aryl methyl sites for hydroxylation is 2. The molecule has 4 aromatic rings. The molecule has 0 aliphatic heterocycles. The molecule has 9 heteroatoms. The zero-order valence-corrected chi connectivity index (χ0v) is 17.8. The van der Waals surface area contributed by atoms with E-state index in [9.17, 15) is 14.9 Å². The number of halogens is 1. The number of aromatic nitrogens is 3. The Morgan fingerprint density at radius 3 is 2.58 bits per heavy atom. The number of hydrogen-bond acceptors (Lipinski definition) is 5. The highest BCUT2D eigenvalue weighted by Gasteiger charge is 2.21. The molecule has 0 bridgehead atoms. The third kappa shape index (κ3) is 3.73. The van der Waals surface area contributed by atoms with Gasteiger partial charge in [-0.05, 0) is 38.1 Å². The number of anilines is 1. The zero-order chi connectivity index (χ0) is 22.3. The van der Waals surface area contributed by atoms with Crippen LogP contribution in [0.1, 0.15) is 21.7 Å². The Labute approximate surface area is 182 Å². The van der Waals surface area contributed by atoms with Crippen LogP contribution in [0, 0.1) is 24.0 Å². The van der Waals surface area contributed by atoms with E-state index in [1.54, 1.807) is 16.8 Å². The Morgan fingerprint density at radius 1 is 1.16 bits per heavy atom. The monoisotopic (exact) mass is 435 g/mol. The maximum atomic E-state index is 13.2. The fourth-order valence-corrected chi connectivity index (χ4v) is 3.75. The molecule has 0 spiro atoms. The maximum absolute atomic E-state index is 13.2. The molecule has 31 heavy (non-hydrogen) atoms. The number of nitro groups is 1. The van der Waals surface area contributed by atoms with Gasteiger partial charge in [0.05, 0.1) is 27.4 Å². The van der Waals surface area contributed by atoms with E-state index < -0.39 is 10.8 Å². The van der Waals surface area contributed by atoms with Crippen LogP contribution in [0.4, 0.5) is 11.4 Å². The number of fused-ring (bicyclic) bond motifs is 1. The molecular weight excluding hydrogens is 418 g/mol. The first-order chi connectivity index (χ1) is 14.8. The molecule has 0 atom stereocenters. The average molecular weight is 436 g/mol. The highest BCUT2D eigenvalue weighted by atomic mass is 35.5. The van der Waals surface area contributed by atoms with E-state index in [0.29, 0.717) is 22.2 Å². The number of hydrogen-bond donors (Lipinski definition) is 1. The van der Waals surface area contributed by atoms with Gasteiger partial charge in [-0.3, -0.25) is 19.6 Å². The highest BCUT2D eigenvalue weighted by molar-refractivity contribution is 6.31. The summed E-state index contributed by atoms with van der Waals surface area (Å²) in [6.45, 7) is 3.82. The number of nitro benzene ring substituents is 1. The van der Waals surface area contributed by atoms with Crippen LogP contribution in [0.15, 0.2) is 48.5 Å². The molecule has 2 aromatic heterocycles. The second-order valence-electron chi connectivity index (χ2n) is 7.11. The maximum Gasteiger partial charge on any atom is 0.294 e. The normalized spacial score (nSPS) is 11.0. The number of carbonyl (C=O) groups excluding carboxylic acids is 1. The summed E-state index contributed by atoms with van der Waals surface area (Å²) < 4.78 is 1.76. The number of benzene rings is 2. The number of carbonyl (C=O) groups is 1. The van der Waals surface area contributed by atoms with Crippen molar-refractivity contribution in [3.63, 3.8) is 0 Å². The van der Waals surface area contributed by atoms with E-state index >= 15 is 0 Å². The Kier molecular flexibility index (Phi) is 5.16. The summed E-state index contributed by atoms with van der Waals surface area (Å²) in [6, 6.07) is 13.1. The standard InChI is InChI=1S/C22H18ClN5O3/c1-12-21(13(2)27(3)26-12)19-11-16(15-6-4-5-7-17(15)24-19)22(29)25-18-9-8-14(23)10-20(18)28(30)31/h4-11H,1-3H3,(H,25,29). The lowest BCUT2D eigenvalue weighted by Gasteiger charge is -2.11. The van der Waals surface area contributed by atoms with E-state index in [1.165, 1.54) is 18.2 Å². The molecule has 0 fully saturated rings. The van der Waals surface area contributed by atoms with Crippen molar-refractivity contribution in [2.75, 3.05) is 5.32 Å². The highest BCUT2D eigenvalue weighted by Crippen LogP contribution is 2.31. The van der Waals surface area contributed by atoms with Gasteiger partial charge in [0, 0.05) is 34.8 Å². The fraction of sp³-hybridized carbons (Fsp3) is 0.136. The predicted molar refractivity (Wildman–Crippen MR) is 119 cm³/mol. The molecule has 156 valence electrons. The molecule has 0 radical (unpaired) electrons. The third-order valence-corrected chi connectivity index (χ3v) is 5.37. The lowest BCUT2D eigenvalue weighted by Crippen LogP contribution is -2.14. The molecule has 8 nitrogen and oxygen atoms in total. The predicted octanol–water partition coefficient (Wildman–Crippen LogP) is 5.07. The van der Waals surface area contributed by atoms with Crippen molar-refractivity contribution in [3.8, 4) is 11.3 Å². The molecule has 0 aliphatic carbocycles. The van der Waals surface area contributed by atoms with Gasteiger partial charge >= 0.3 is 0 Å². The number of nitrogens with one attached hydrogen (secondary N) is 1. The summed E-state index contributed by atoms with van der Waals surface area (Å²) in [6.07, 6.45) is 0. The number of rotatable bonds is 4. The number of para-hydroxylation sites is 1. The smallest absolute Gasteiger partial charge is 0.294 e. The summed E-state index contributed by atoms with van der Waals surface area (Å²) in [5.41, 5.74) is 3.94. The molecule has 0 unspecified atom stereocenters. The first kappa shape index (κ1) is 20.5. The molecule has 4 rings (SSSR count). The molecule has 0 aliphatic rings. The number of nitrogens with zero attached hydrogens (tertiary/aromatic N) is 4. The summed E-state index contributed by atoms with van der Waals surface area (Å²) in [5, 5.41) is 19.3. The number of amides is 1. The topological polar surface area (TPSA) is 103 Å². The minimum atomic E-state index is -0.583. The van der Waals surface area contributed by atoms with Crippen molar-refractivity contribution in [1.82, 2.24) is 14.8 Å². The van der Waals surface area contributed by atoms with Crippen molar-refractivity contribution in [1.29, 1.82) is 0 Å². The molecule has 0 saturated heterocycles. The van der Waals surface area contributed by atoms with Crippen LogP contribution in [-0.4, -0.2) is 25.6 Å². The summed E-state index contributed by atoms with van der Waals surface area (Å²) in [7, 11) is 1.85. The van der Waals surface area contributed by atoms with Gasteiger partial charge in [-0.2, -0.15) is 5.10 Å². The Hall–Kier alpha value is -3.78. The lowest BCUT2D eigenvalue weighted by atomic mass is 10.0. The molecule has 1 amide bonds. The summed E-state index contributed by atoms with van der Waals surface area (Å²) in [5.74, 6) is -0.482. The minimum absolute atomic E-state index is 0.0654.